The first-order valence-electron chi connectivity index (χ1n) is 8.74. The van der Waals surface area contributed by atoms with E-state index in [4.69, 9.17) is 5.73 Å². The zero-order chi connectivity index (χ0) is 17.5. The standard InChI is InChI=1S/C23H29N/c1-17-10-5-7-14-22(17)18(2)12-9-13-21(16-20(4)24)23-15-8-6-11-19(23)3/h5-8,10-12,14-16,20H,9,13,24H2,1-4H3/b18-12-,21-16-. The summed E-state index contributed by atoms with van der Waals surface area (Å²) in [6, 6.07) is 17.2. The molecule has 24 heavy (non-hydrogen) atoms. The van der Waals surface area contributed by atoms with Crippen LogP contribution in [0.3, 0.4) is 0 Å². The number of benzene rings is 2. The summed E-state index contributed by atoms with van der Waals surface area (Å²) in [7, 11) is 0. The van der Waals surface area contributed by atoms with E-state index in [0.29, 0.717) is 0 Å². The van der Waals surface area contributed by atoms with Gasteiger partial charge in [0.2, 0.25) is 0 Å². The van der Waals surface area contributed by atoms with Gasteiger partial charge in [-0.2, -0.15) is 0 Å². The molecule has 0 aliphatic heterocycles. The summed E-state index contributed by atoms with van der Waals surface area (Å²) in [5.74, 6) is 0. The Morgan fingerprint density at radius 3 is 2.04 bits per heavy atom. The highest BCUT2D eigenvalue weighted by molar-refractivity contribution is 5.70. The minimum Gasteiger partial charge on any atom is -0.325 e. The molecule has 0 spiro atoms. The molecule has 0 bridgehead atoms. The summed E-state index contributed by atoms with van der Waals surface area (Å²) in [6.45, 7) is 8.57. The summed E-state index contributed by atoms with van der Waals surface area (Å²) >= 11 is 0. The average molecular weight is 319 g/mol. The minimum absolute atomic E-state index is 0.0704. The lowest BCUT2D eigenvalue weighted by Crippen LogP contribution is -2.11. The molecule has 1 atom stereocenters. The third-order valence-corrected chi connectivity index (χ3v) is 4.39. The van der Waals surface area contributed by atoms with Crippen LogP contribution in [0, 0.1) is 13.8 Å². The number of hydrogen-bond donors (Lipinski definition) is 1. The molecule has 0 aromatic heterocycles. The maximum absolute atomic E-state index is 6.03. The second-order valence-electron chi connectivity index (χ2n) is 6.61. The summed E-state index contributed by atoms with van der Waals surface area (Å²) in [6.07, 6.45) is 6.57. The zero-order valence-corrected chi connectivity index (χ0v) is 15.3. The molecule has 0 radical (unpaired) electrons. The van der Waals surface area contributed by atoms with E-state index >= 15 is 0 Å². The summed E-state index contributed by atoms with van der Waals surface area (Å²) in [5.41, 5.74) is 14.0. The fourth-order valence-corrected chi connectivity index (χ4v) is 3.13. The van der Waals surface area contributed by atoms with E-state index in [1.807, 2.05) is 6.92 Å². The van der Waals surface area contributed by atoms with Crippen LogP contribution in [0.2, 0.25) is 0 Å². The van der Waals surface area contributed by atoms with Crippen LogP contribution in [0.5, 0.6) is 0 Å². The smallest absolute Gasteiger partial charge is 0.0200 e. The minimum atomic E-state index is 0.0704. The van der Waals surface area contributed by atoms with Crippen molar-refractivity contribution < 1.29 is 0 Å². The number of nitrogens with two attached hydrogens (primary N) is 1. The lowest BCUT2D eigenvalue weighted by molar-refractivity contribution is 0.917. The number of aryl methyl sites for hydroxylation is 2. The van der Waals surface area contributed by atoms with Crippen LogP contribution in [0.1, 0.15) is 48.9 Å². The van der Waals surface area contributed by atoms with Gasteiger partial charge in [0.1, 0.15) is 0 Å². The number of hydrogen-bond acceptors (Lipinski definition) is 1. The molecule has 0 heterocycles. The van der Waals surface area contributed by atoms with Crippen LogP contribution >= 0.6 is 0 Å². The average Bonchev–Trinajstić information content (AvgIpc) is 2.54. The second-order valence-corrected chi connectivity index (χ2v) is 6.61. The Morgan fingerprint density at radius 1 is 0.958 bits per heavy atom. The van der Waals surface area contributed by atoms with Gasteiger partial charge in [-0.05, 0) is 73.9 Å². The van der Waals surface area contributed by atoms with E-state index in [0.717, 1.165) is 12.8 Å². The molecule has 0 aliphatic carbocycles. The first-order valence-corrected chi connectivity index (χ1v) is 8.74. The maximum Gasteiger partial charge on any atom is 0.0200 e. The highest BCUT2D eigenvalue weighted by atomic mass is 14.6. The molecule has 0 saturated carbocycles. The normalized spacial score (nSPS) is 13.9. The number of allylic oxidation sites excluding steroid dienone is 3. The van der Waals surface area contributed by atoms with Crippen molar-refractivity contribution in [3.05, 3.63) is 82.9 Å². The lowest BCUT2D eigenvalue weighted by Gasteiger charge is -2.12. The molecular formula is C23H29N. The Hall–Kier alpha value is -2.12. The van der Waals surface area contributed by atoms with E-state index in [-0.39, 0.29) is 6.04 Å². The molecule has 0 aliphatic rings. The van der Waals surface area contributed by atoms with Crippen molar-refractivity contribution in [3.8, 4) is 0 Å². The lowest BCUT2D eigenvalue weighted by atomic mass is 9.94. The van der Waals surface area contributed by atoms with E-state index in [9.17, 15) is 0 Å². The summed E-state index contributed by atoms with van der Waals surface area (Å²) in [4.78, 5) is 0. The Labute approximate surface area is 146 Å². The monoisotopic (exact) mass is 319 g/mol. The molecule has 2 aromatic carbocycles. The SMILES string of the molecule is C/C(=C/CC/C(=C/C(C)N)c1ccccc1C)c1ccccc1C. The summed E-state index contributed by atoms with van der Waals surface area (Å²) in [5, 5.41) is 0. The van der Waals surface area contributed by atoms with Crippen LogP contribution in [0.25, 0.3) is 11.1 Å². The first kappa shape index (κ1) is 18.2. The van der Waals surface area contributed by atoms with E-state index in [1.54, 1.807) is 0 Å². The third-order valence-electron chi connectivity index (χ3n) is 4.39. The van der Waals surface area contributed by atoms with E-state index < -0.39 is 0 Å². The highest BCUT2D eigenvalue weighted by Gasteiger charge is 2.06. The topological polar surface area (TPSA) is 26.0 Å². The fourth-order valence-electron chi connectivity index (χ4n) is 3.13. The molecule has 1 unspecified atom stereocenters. The second kappa shape index (κ2) is 8.65. The van der Waals surface area contributed by atoms with Gasteiger partial charge in [0.25, 0.3) is 0 Å². The third kappa shape index (κ3) is 4.94. The zero-order valence-electron chi connectivity index (χ0n) is 15.3. The Bertz CT molecular complexity index is 735. The van der Waals surface area contributed by atoms with Gasteiger partial charge >= 0.3 is 0 Å². The fraction of sp³-hybridized carbons (Fsp3) is 0.304. The highest BCUT2D eigenvalue weighted by Crippen LogP contribution is 2.25. The van der Waals surface area contributed by atoms with Gasteiger partial charge in [-0.25, -0.2) is 0 Å². The van der Waals surface area contributed by atoms with Gasteiger partial charge in [0.05, 0.1) is 0 Å². The molecule has 126 valence electrons. The molecule has 1 heteroatoms. The maximum atomic E-state index is 6.03. The predicted octanol–water partition coefficient (Wildman–Crippen LogP) is 5.92. The van der Waals surface area contributed by atoms with Crippen molar-refractivity contribution in [2.24, 2.45) is 5.73 Å². The predicted molar refractivity (Wildman–Crippen MR) is 107 cm³/mol. The Kier molecular flexibility index (Phi) is 6.57. The molecule has 2 rings (SSSR count). The molecule has 2 N–H and O–H groups in total. The van der Waals surface area contributed by atoms with Crippen LogP contribution in [-0.4, -0.2) is 6.04 Å². The van der Waals surface area contributed by atoms with Crippen LogP contribution < -0.4 is 5.73 Å². The van der Waals surface area contributed by atoms with Gasteiger partial charge in [0, 0.05) is 6.04 Å². The van der Waals surface area contributed by atoms with Crippen molar-refractivity contribution in [2.45, 2.75) is 46.6 Å². The van der Waals surface area contributed by atoms with Gasteiger partial charge < -0.3 is 5.73 Å². The quantitative estimate of drug-likeness (QED) is 0.703. The molecule has 0 fully saturated rings. The molecular weight excluding hydrogens is 290 g/mol. The summed E-state index contributed by atoms with van der Waals surface area (Å²) < 4.78 is 0. The van der Waals surface area contributed by atoms with Gasteiger partial charge in [-0.3, -0.25) is 0 Å². The van der Waals surface area contributed by atoms with Crippen molar-refractivity contribution in [3.63, 3.8) is 0 Å². The van der Waals surface area contributed by atoms with Gasteiger partial charge in [-0.15, -0.1) is 0 Å². The van der Waals surface area contributed by atoms with Crippen LogP contribution in [-0.2, 0) is 0 Å². The molecule has 0 amide bonds. The molecule has 0 saturated heterocycles. The first-order chi connectivity index (χ1) is 11.5. The molecule has 1 nitrogen and oxygen atoms in total. The van der Waals surface area contributed by atoms with Gasteiger partial charge in [-0.1, -0.05) is 60.7 Å². The molecule has 2 aromatic rings. The number of rotatable bonds is 6. The van der Waals surface area contributed by atoms with Crippen molar-refractivity contribution in [1.82, 2.24) is 0 Å². The van der Waals surface area contributed by atoms with Crippen LogP contribution in [0.4, 0.5) is 0 Å². The Balaban J connectivity index is 2.16. The van der Waals surface area contributed by atoms with Crippen molar-refractivity contribution >= 4 is 11.1 Å². The van der Waals surface area contributed by atoms with Gasteiger partial charge in [0.15, 0.2) is 0 Å². The van der Waals surface area contributed by atoms with Crippen molar-refractivity contribution in [1.29, 1.82) is 0 Å². The largest absolute Gasteiger partial charge is 0.325 e. The van der Waals surface area contributed by atoms with Crippen LogP contribution in [0.15, 0.2) is 60.7 Å². The van der Waals surface area contributed by atoms with Crippen molar-refractivity contribution in [2.75, 3.05) is 0 Å². The van der Waals surface area contributed by atoms with E-state index in [1.165, 1.54) is 33.4 Å². The van der Waals surface area contributed by atoms with E-state index in [2.05, 4.69) is 81.5 Å². The Morgan fingerprint density at radius 2 is 1.50 bits per heavy atom.